The van der Waals surface area contributed by atoms with E-state index in [-0.39, 0.29) is 5.97 Å². The Morgan fingerprint density at radius 3 is 2.00 bits per heavy atom. The number of carbonyl (C=O) groups is 1. The van der Waals surface area contributed by atoms with E-state index >= 15 is 0 Å². The highest BCUT2D eigenvalue weighted by molar-refractivity contribution is 5.72. The molecule has 2 nitrogen and oxygen atoms in total. The summed E-state index contributed by atoms with van der Waals surface area (Å²) in [6.07, 6.45) is 1.11. The van der Waals surface area contributed by atoms with E-state index in [2.05, 4.69) is 31.2 Å². The maximum atomic E-state index is 11.7. The minimum absolute atomic E-state index is 0.190. The molecule has 0 N–H and O–H groups in total. The Bertz CT molecular complexity index is 538. The van der Waals surface area contributed by atoms with Crippen molar-refractivity contribution in [2.45, 2.75) is 26.7 Å². The number of aryl methyl sites for hydroxylation is 3. The second kappa shape index (κ2) is 6.19. The van der Waals surface area contributed by atoms with Crippen molar-refractivity contribution in [2.75, 3.05) is 0 Å². The van der Waals surface area contributed by atoms with Crippen molar-refractivity contribution in [3.63, 3.8) is 0 Å². The Balaban J connectivity index is 1.84. The smallest absolute Gasteiger partial charge is 0.311 e. The van der Waals surface area contributed by atoms with E-state index in [0.717, 1.165) is 11.1 Å². The van der Waals surface area contributed by atoms with Gasteiger partial charge in [-0.2, -0.15) is 0 Å². The van der Waals surface area contributed by atoms with E-state index in [1.54, 1.807) is 0 Å². The Kier molecular flexibility index (Phi) is 4.35. The number of hydrogen-bond acceptors (Lipinski definition) is 2. The maximum Gasteiger partial charge on any atom is 0.311 e. The summed E-state index contributed by atoms with van der Waals surface area (Å²) in [5.41, 5.74) is 3.54. The molecule has 0 fully saturated rings. The summed E-state index contributed by atoms with van der Waals surface area (Å²) in [5, 5.41) is 0. The zero-order valence-electron chi connectivity index (χ0n) is 11.3. The van der Waals surface area contributed by atoms with Gasteiger partial charge in [0.1, 0.15) is 5.75 Å². The number of hydrogen-bond donors (Lipinski definition) is 0. The fraction of sp³-hybridized carbons (Fsp3) is 0.235. The molecule has 0 atom stereocenters. The van der Waals surface area contributed by atoms with Crippen molar-refractivity contribution < 1.29 is 9.53 Å². The third kappa shape index (κ3) is 4.25. The van der Waals surface area contributed by atoms with Crippen molar-refractivity contribution >= 4 is 5.97 Å². The third-order valence-corrected chi connectivity index (χ3v) is 2.99. The van der Waals surface area contributed by atoms with Crippen LogP contribution < -0.4 is 4.74 Å². The predicted molar refractivity (Wildman–Crippen MR) is 76.3 cm³/mol. The van der Waals surface area contributed by atoms with Crippen LogP contribution in [0, 0.1) is 13.8 Å². The second-order valence-electron chi connectivity index (χ2n) is 4.77. The molecular formula is C17H18O2. The van der Waals surface area contributed by atoms with Crippen molar-refractivity contribution in [2.24, 2.45) is 0 Å². The van der Waals surface area contributed by atoms with Crippen molar-refractivity contribution in [1.82, 2.24) is 0 Å². The number of benzene rings is 2. The summed E-state index contributed by atoms with van der Waals surface area (Å²) in [6.45, 7) is 4.05. The lowest BCUT2D eigenvalue weighted by atomic mass is 10.1. The van der Waals surface area contributed by atoms with Crippen LogP contribution in [0.2, 0.25) is 0 Å². The first-order valence-electron chi connectivity index (χ1n) is 6.46. The van der Waals surface area contributed by atoms with Crippen molar-refractivity contribution in [3.05, 3.63) is 65.2 Å². The first kappa shape index (κ1) is 13.3. The van der Waals surface area contributed by atoms with Crippen LogP contribution in [0.1, 0.15) is 23.1 Å². The monoisotopic (exact) mass is 254 g/mol. The van der Waals surface area contributed by atoms with E-state index < -0.39 is 0 Å². The van der Waals surface area contributed by atoms with Gasteiger partial charge in [-0.05, 0) is 38.0 Å². The third-order valence-electron chi connectivity index (χ3n) is 2.99. The van der Waals surface area contributed by atoms with Crippen LogP contribution in [0.4, 0.5) is 0 Å². The van der Waals surface area contributed by atoms with Crippen LogP contribution in [-0.4, -0.2) is 5.97 Å². The van der Waals surface area contributed by atoms with Gasteiger partial charge in [-0.15, -0.1) is 0 Å². The van der Waals surface area contributed by atoms with Gasteiger partial charge in [-0.3, -0.25) is 4.79 Å². The van der Waals surface area contributed by atoms with Gasteiger partial charge >= 0.3 is 5.97 Å². The molecule has 0 unspecified atom stereocenters. The molecule has 2 heteroatoms. The average molecular weight is 254 g/mol. The topological polar surface area (TPSA) is 26.3 Å². The molecular weight excluding hydrogens is 236 g/mol. The molecule has 0 bridgehead atoms. The van der Waals surface area contributed by atoms with Gasteiger partial charge in [0.05, 0.1) is 0 Å². The number of rotatable bonds is 4. The van der Waals surface area contributed by atoms with Crippen molar-refractivity contribution in [3.8, 4) is 5.75 Å². The van der Waals surface area contributed by atoms with Crippen LogP contribution in [0.25, 0.3) is 0 Å². The summed E-state index contributed by atoms with van der Waals surface area (Å²) in [4.78, 5) is 11.7. The molecule has 0 saturated heterocycles. The quantitative estimate of drug-likeness (QED) is 0.612. The van der Waals surface area contributed by atoms with Gasteiger partial charge in [0.2, 0.25) is 0 Å². The number of esters is 1. The normalized spacial score (nSPS) is 10.2. The first-order valence-corrected chi connectivity index (χ1v) is 6.46. The van der Waals surface area contributed by atoms with Crippen LogP contribution in [0.3, 0.4) is 0 Å². The van der Waals surface area contributed by atoms with Gasteiger partial charge in [0.25, 0.3) is 0 Å². The average Bonchev–Trinajstić information content (AvgIpc) is 2.41. The summed E-state index contributed by atoms with van der Waals surface area (Å²) in [7, 11) is 0. The number of ether oxygens (including phenoxy) is 1. The Labute approximate surface area is 114 Å². The molecule has 0 spiro atoms. The standard InChI is InChI=1S/C17H18O2/c1-13-3-7-15(8-4-13)9-12-17(18)19-16-10-5-14(2)6-11-16/h3-8,10-11H,9,12H2,1-2H3. The molecule has 19 heavy (non-hydrogen) atoms. The minimum Gasteiger partial charge on any atom is -0.427 e. The molecule has 0 aliphatic carbocycles. The first-order chi connectivity index (χ1) is 9.13. The molecule has 0 aliphatic heterocycles. The Morgan fingerprint density at radius 1 is 0.895 bits per heavy atom. The highest BCUT2D eigenvalue weighted by Crippen LogP contribution is 2.13. The number of carbonyl (C=O) groups excluding carboxylic acids is 1. The largest absolute Gasteiger partial charge is 0.427 e. The highest BCUT2D eigenvalue weighted by atomic mass is 16.5. The van der Waals surface area contributed by atoms with Gasteiger partial charge in [0, 0.05) is 6.42 Å². The fourth-order valence-electron chi connectivity index (χ4n) is 1.79. The molecule has 98 valence electrons. The predicted octanol–water partition coefficient (Wildman–Crippen LogP) is 3.84. The summed E-state index contributed by atoms with van der Waals surface area (Å²) < 4.78 is 5.28. The van der Waals surface area contributed by atoms with E-state index in [1.807, 2.05) is 31.2 Å². The van der Waals surface area contributed by atoms with Crippen LogP contribution in [0.5, 0.6) is 5.75 Å². The fourth-order valence-corrected chi connectivity index (χ4v) is 1.79. The molecule has 2 aromatic carbocycles. The molecule has 0 amide bonds. The van der Waals surface area contributed by atoms with Gasteiger partial charge in [-0.1, -0.05) is 47.5 Å². The lowest BCUT2D eigenvalue weighted by Gasteiger charge is -2.05. The zero-order chi connectivity index (χ0) is 13.7. The summed E-state index contributed by atoms with van der Waals surface area (Å²) in [6, 6.07) is 15.7. The molecule has 0 aliphatic rings. The van der Waals surface area contributed by atoms with E-state index in [1.165, 1.54) is 5.56 Å². The van der Waals surface area contributed by atoms with Gasteiger partial charge < -0.3 is 4.74 Å². The molecule has 0 saturated carbocycles. The summed E-state index contributed by atoms with van der Waals surface area (Å²) in [5.74, 6) is 0.420. The van der Waals surface area contributed by atoms with E-state index in [0.29, 0.717) is 18.6 Å². The molecule has 0 heterocycles. The molecule has 2 rings (SSSR count). The van der Waals surface area contributed by atoms with Gasteiger partial charge in [0.15, 0.2) is 0 Å². The van der Waals surface area contributed by atoms with Gasteiger partial charge in [-0.25, -0.2) is 0 Å². The second-order valence-corrected chi connectivity index (χ2v) is 4.77. The SMILES string of the molecule is Cc1ccc(CCC(=O)Oc2ccc(C)cc2)cc1. The Morgan fingerprint density at radius 2 is 1.42 bits per heavy atom. The van der Waals surface area contributed by atoms with E-state index in [9.17, 15) is 4.79 Å². The molecule has 0 radical (unpaired) electrons. The summed E-state index contributed by atoms with van der Waals surface area (Å²) >= 11 is 0. The lowest BCUT2D eigenvalue weighted by molar-refractivity contribution is -0.134. The van der Waals surface area contributed by atoms with E-state index in [4.69, 9.17) is 4.74 Å². The minimum atomic E-state index is -0.190. The Hall–Kier alpha value is -2.09. The van der Waals surface area contributed by atoms with Crippen LogP contribution >= 0.6 is 0 Å². The highest BCUT2D eigenvalue weighted by Gasteiger charge is 2.05. The zero-order valence-corrected chi connectivity index (χ0v) is 11.3. The maximum absolute atomic E-state index is 11.7. The molecule has 2 aromatic rings. The van der Waals surface area contributed by atoms with Crippen LogP contribution in [-0.2, 0) is 11.2 Å². The van der Waals surface area contributed by atoms with Crippen LogP contribution in [0.15, 0.2) is 48.5 Å². The molecule has 0 aromatic heterocycles. The van der Waals surface area contributed by atoms with Crippen molar-refractivity contribution in [1.29, 1.82) is 0 Å². The lowest BCUT2D eigenvalue weighted by Crippen LogP contribution is -2.08.